The average Bonchev–Trinajstić information content (AvgIpc) is 2.65. The van der Waals surface area contributed by atoms with Crippen LogP contribution in [0.5, 0.6) is 0 Å². The third-order valence-corrected chi connectivity index (χ3v) is 2.77. The zero-order chi connectivity index (χ0) is 10.2. The van der Waals surface area contributed by atoms with E-state index in [2.05, 4.69) is 11.2 Å². The lowest BCUT2D eigenvalue weighted by atomic mass is 10.0. The largest absolute Gasteiger partial charge is 0.356 e. The molecule has 1 rings (SSSR count). The Morgan fingerprint density at radius 2 is 2.14 bits per heavy atom. The molecule has 0 aliphatic heterocycles. The predicted octanol–water partition coefficient (Wildman–Crippen LogP) is 2.10. The molecule has 1 aliphatic carbocycles. The van der Waals surface area contributed by atoms with Crippen molar-refractivity contribution in [3.8, 4) is 12.3 Å². The van der Waals surface area contributed by atoms with Crippen LogP contribution in [-0.4, -0.2) is 12.5 Å². The van der Waals surface area contributed by atoms with Crippen molar-refractivity contribution in [1.82, 2.24) is 5.32 Å². The molecule has 1 fully saturated rings. The summed E-state index contributed by atoms with van der Waals surface area (Å²) >= 11 is 0. The van der Waals surface area contributed by atoms with Gasteiger partial charge in [-0.15, -0.1) is 12.3 Å². The van der Waals surface area contributed by atoms with E-state index >= 15 is 0 Å². The average molecular weight is 193 g/mol. The highest BCUT2D eigenvalue weighted by molar-refractivity contribution is 5.76. The summed E-state index contributed by atoms with van der Waals surface area (Å²) in [7, 11) is 0. The summed E-state index contributed by atoms with van der Waals surface area (Å²) in [5.41, 5.74) is 0. The lowest BCUT2D eigenvalue weighted by molar-refractivity contribution is -0.121. The van der Waals surface area contributed by atoms with Gasteiger partial charge >= 0.3 is 0 Å². The number of hydrogen-bond acceptors (Lipinski definition) is 1. The summed E-state index contributed by atoms with van der Waals surface area (Å²) in [6, 6.07) is 0. The molecule has 1 saturated carbocycles. The minimum absolute atomic E-state index is 0.203. The molecule has 0 heterocycles. The monoisotopic (exact) mass is 193 g/mol. The topological polar surface area (TPSA) is 29.1 Å². The highest BCUT2D eigenvalue weighted by Gasteiger charge is 2.17. The Hall–Kier alpha value is -0.970. The predicted molar refractivity (Wildman–Crippen MR) is 57.7 cm³/mol. The van der Waals surface area contributed by atoms with Gasteiger partial charge in [-0.05, 0) is 25.2 Å². The normalized spacial score (nSPS) is 16.5. The molecule has 0 unspecified atom stereocenters. The molecule has 1 N–H and O–H groups in total. The van der Waals surface area contributed by atoms with Crippen LogP contribution in [-0.2, 0) is 4.79 Å². The second kappa shape index (κ2) is 6.48. The highest BCUT2D eigenvalue weighted by atomic mass is 16.1. The van der Waals surface area contributed by atoms with E-state index in [1.165, 1.54) is 25.7 Å². The van der Waals surface area contributed by atoms with Crippen LogP contribution in [0.25, 0.3) is 0 Å². The molecule has 0 spiro atoms. The van der Waals surface area contributed by atoms with Gasteiger partial charge in [-0.1, -0.05) is 12.8 Å². The number of amides is 1. The second-order valence-corrected chi connectivity index (χ2v) is 4.01. The molecule has 2 nitrogen and oxygen atoms in total. The SMILES string of the molecule is C#CCCCNC(=O)CC1CCCC1. The maximum atomic E-state index is 11.4. The molecule has 78 valence electrons. The van der Waals surface area contributed by atoms with Crippen molar-refractivity contribution in [3.63, 3.8) is 0 Å². The summed E-state index contributed by atoms with van der Waals surface area (Å²) in [6.45, 7) is 0.732. The van der Waals surface area contributed by atoms with E-state index in [1.54, 1.807) is 0 Å². The van der Waals surface area contributed by atoms with Crippen molar-refractivity contribution in [2.75, 3.05) is 6.54 Å². The Balaban J connectivity index is 2.01. The number of carbonyl (C=O) groups is 1. The van der Waals surface area contributed by atoms with Crippen molar-refractivity contribution >= 4 is 5.91 Å². The zero-order valence-corrected chi connectivity index (χ0v) is 8.72. The molecule has 0 radical (unpaired) electrons. The van der Waals surface area contributed by atoms with Crippen LogP contribution < -0.4 is 5.32 Å². The van der Waals surface area contributed by atoms with Gasteiger partial charge < -0.3 is 5.32 Å². The van der Waals surface area contributed by atoms with Crippen LogP contribution in [0.3, 0.4) is 0 Å². The molecule has 0 bridgehead atoms. The molecule has 0 aromatic rings. The Labute approximate surface area is 86.5 Å². The summed E-state index contributed by atoms with van der Waals surface area (Å²) in [6.07, 6.45) is 12.6. The van der Waals surface area contributed by atoms with E-state index < -0.39 is 0 Å². The van der Waals surface area contributed by atoms with Crippen molar-refractivity contribution in [2.24, 2.45) is 5.92 Å². The molecule has 14 heavy (non-hydrogen) atoms. The Kier molecular flexibility index (Phi) is 5.14. The molecule has 1 aliphatic rings. The fourth-order valence-corrected chi connectivity index (χ4v) is 1.97. The fourth-order valence-electron chi connectivity index (χ4n) is 1.97. The van der Waals surface area contributed by atoms with Crippen molar-refractivity contribution in [1.29, 1.82) is 0 Å². The summed E-state index contributed by atoms with van der Waals surface area (Å²) < 4.78 is 0. The van der Waals surface area contributed by atoms with Crippen LogP contribution in [0.15, 0.2) is 0 Å². The molecule has 0 aromatic carbocycles. The molecule has 2 heteroatoms. The smallest absolute Gasteiger partial charge is 0.220 e. The van der Waals surface area contributed by atoms with Gasteiger partial charge in [-0.25, -0.2) is 0 Å². The first-order valence-electron chi connectivity index (χ1n) is 5.53. The highest BCUT2D eigenvalue weighted by Crippen LogP contribution is 2.27. The van der Waals surface area contributed by atoms with E-state index in [1.807, 2.05) is 0 Å². The molecule has 0 atom stereocenters. The fraction of sp³-hybridized carbons (Fsp3) is 0.750. The Morgan fingerprint density at radius 1 is 1.43 bits per heavy atom. The third-order valence-electron chi connectivity index (χ3n) is 2.77. The van der Waals surface area contributed by atoms with Crippen LogP contribution in [0.1, 0.15) is 44.9 Å². The van der Waals surface area contributed by atoms with Crippen LogP contribution in [0.2, 0.25) is 0 Å². The molecule has 0 aromatic heterocycles. The first-order chi connectivity index (χ1) is 6.83. The van der Waals surface area contributed by atoms with E-state index in [9.17, 15) is 4.79 Å². The van der Waals surface area contributed by atoms with Gasteiger partial charge in [0, 0.05) is 19.4 Å². The Bertz CT molecular complexity index is 211. The van der Waals surface area contributed by atoms with Crippen molar-refractivity contribution < 1.29 is 4.79 Å². The summed E-state index contributed by atoms with van der Waals surface area (Å²) in [4.78, 5) is 11.4. The number of rotatable bonds is 5. The molecule has 0 saturated heterocycles. The minimum atomic E-state index is 0.203. The Morgan fingerprint density at radius 3 is 2.79 bits per heavy atom. The van der Waals surface area contributed by atoms with E-state index in [-0.39, 0.29) is 5.91 Å². The summed E-state index contributed by atoms with van der Waals surface area (Å²) in [5.74, 6) is 3.41. The molecular formula is C12H19NO. The van der Waals surface area contributed by atoms with Gasteiger partial charge in [0.1, 0.15) is 0 Å². The van der Waals surface area contributed by atoms with Crippen LogP contribution in [0, 0.1) is 18.3 Å². The number of hydrogen-bond donors (Lipinski definition) is 1. The number of unbranched alkanes of at least 4 members (excludes halogenated alkanes) is 1. The first-order valence-corrected chi connectivity index (χ1v) is 5.53. The third kappa shape index (κ3) is 4.32. The van der Waals surface area contributed by atoms with Crippen LogP contribution >= 0.6 is 0 Å². The minimum Gasteiger partial charge on any atom is -0.356 e. The van der Waals surface area contributed by atoms with Crippen molar-refractivity contribution in [3.05, 3.63) is 0 Å². The lowest BCUT2D eigenvalue weighted by Crippen LogP contribution is -2.25. The van der Waals surface area contributed by atoms with E-state index in [0.29, 0.717) is 5.92 Å². The number of carbonyl (C=O) groups excluding carboxylic acids is 1. The molecule has 1 amide bonds. The van der Waals surface area contributed by atoms with Gasteiger partial charge in [0.05, 0.1) is 0 Å². The van der Waals surface area contributed by atoms with Gasteiger partial charge in [0.15, 0.2) is 0 Å². The zero-order valence-electron chi connectivity index (χ0n) is 8.72. The maximum absolute atomic E-state index is 11.4. The maximum Gasteiger partial charge on any atom is 0.220 e. The van der Waals surface area contributed by atoms with Gasteiger partial charge in [0.2, 0.25) is 5.91 Å². The van der Waals surface area contributed by atoms with Gasteiger partial charge in [0.25, 0.3) is 0 Å². The number of terminal acetylenes is 1. The summed E-state index contributed by atoms with van der Waals surface area (Å²) in [5, 5.41) is 2.91. The lowest BCUT2D eigenvalue weighted by Gasteiger charge is -2.08. The van der Waals surface area contributed by atoms with Gasteiger partial charge in [-0.2, -0.15) is 0 Å². The second-order valence-electron chi connectivity index (χ2n) is 4.01. The van der Waals surface area contributed by atoms with E-state index in [0.717, 1.165) is 25.8 Å². The first kappa shape index (κ1) is 11.1. The standard InChI is InChI=1S/C12H19NO/c1-2-3-6-9-13-12(14)10-11-7-4-5-8-11/h1,11H,3-10H2,(H,13,14). The number of nitrogens with one attached hydrogen (secondary N) is 1. The van der Waals surface area contributed by atoms with Gasteiger partial charge in [-0.3, -0.25) is 4.79 Å². The quantitative estimate of drug-likeness (QED) is 0.526. The molecular weight excluding hydrogens is 174 g/mol. The van der Waals surface area contributed by atoms with Crippen LogP contribution in [0.4, 0.5) is 0 Å². The van der Waals surface area contributed by atoms with Crippen molar-refractivity contribution in [2.45, 2.75) is 44.9 Å². The van der Waals surface area contributed by atoms with E-state index in [4.69, 9.17) is 6.42 Å².